The number of methoxy groups -OCH3 is 1. The number of hydrogen-bond donors (Lipinski definition) is 1. The molecule has 10 heteroatoms. The number of nitrogens with zero attached hydrogens (tertiary/aromatic N) is 3. The molecule has 0 saturated heterocycles. The third-order valence-corrected chi connectivity index (χ3v) is 5.33. The van der Waals surface area contributed by atoms with Gasteiger partial charge in [0.15, 0.2) is 4.34 Å². The molecule has 0 aliphatic rings. The van der Waals surface area contributed by atoms with Gasteiger partial charge in [-0.25, -0.2) is 4.39 Å². The maximum absolute atomic E-state index is 13.2. The van der Waals surface area contributed by atoms with Crippen LogP contribution in [0.25, 0.3) is 0 Å². The minimum absolute atomic E-state index is 0.00660. The van der Waals surface area contributed by atoms with Gasteiger partial charge >= 0.3 is 0 Å². The maximum atomic E-state index is 13.2. The number of halogens is 1. The number of ether oxygens (including phenoxy) is 1. The smallest absolute Gasteiger partial charge is 0.270 e. The van der Waals surface area contributed by atoms with E-state index >= 15 is 0 Å². The van der Waals surface area contributed by atoms with E-state index in [-0.39, 0.29) is 11.5 Å². The van der Waals surface area contributed by atoms with Gasteiger partial charge in [-0.2, -0.15) is 0 Å². The van der Waals surface area contributed by atoms with Crippen LogP contribution < -0.4 is 10.1 Å². The van der Waals surface area contributed by atoms with Crippen molar-refractivity contribution in [2.75, 3.05) is 12.4 Å². The number of nitro groups is 1. The first kappa shape index (κ1) is 18.1. The largest absolute Gasteiger partial charge is 0.496 e. The fourth-order valence-electron chi connectivity index (χ4n) is 2.14. The van der Waals surface area contributed by atoms with E-state index in [1.165, 1.54) is 54.5 Å². The number of nitro benzene ring substituents is 1. The highest BCUT2D eigenvalue weighted by atomic mass is 32.2. The van der Waals surface area contributed by atoms with Gasteiger partial charge in [-0.15, -0.1) is 10.2 Å². The van der Waals surface area contributed by atoms with Crippen LogP contribution >= 0.6 is 23.1 Å². The second-order valence-corrected chi connectivity index (χ2v) is 7.25. The average molecular weight is 392 g/mol. The Bertz CT molecular complexity index is 935. The van der Waals surface area contributed by atoms with Crippen LogP contribution in [0.2, 0.25) is 0 Å². The normalized spacial score (nSPS) is 10.5. The molecule has 0 bridgehead atoms. The highest BCUT2D eigenvalue weighted by Crippen LogP contribution is 2.33. The summed E-state index contributed by atoms with van der Waals surface area (Å²) in [6.07, 6.45) is 0. The summed E-state index contributed by atoms with van der Waals surface area (Å²) in [5, 5.41) is 22.5. The zero-order valence-electron chi connectivity index (χ0n) is 13.5. The fourth-order valence-corrected chi connectivity index (χ4v) is 3.89. The zero-order chi connectivity index (χ0) is 18.5. The molecule has 0 spiro atoms. The molecular formula is C16H13FN4O3S2. The van der Waals surface area contributed by atoms with Crippen molar-refractivity contribution in [2.45, 2.75) is 10.1 Å². The van der Waals surface area contributed by atoms with E-state index in [1.807, 2.05) is 0 Å². The van der Waals surface area contributed by atoms with Crippen LogP contribution in [0.5, 0.6) is 5.75 Å². The molecular weight excluding hydrogens is 379 g/mol. The first-order valence-electron chi connectivity index (χ1n) is 7.35. The summed E-state index contributed by atoms with van der Waals surface area (Å²) in [6, 6.07) is 10.5. The molecule has 0 fully saturated rings. The van der Waals surface area contributed by atoms with Crippen molar-refractivity contribution in [3.05, 3.63) is 64.0 Å². The highest BCUT2D eigenvalue weighted by molar-refractivity contribution is 8.00. The lowest BCUT2D eigenvalue weighted by Crippen LogP contribution is -1.94. The molecule has 3 aromatic rings. The summed E-state index contributed by atoms with van der Waals surface area (Å²) in [5.41, 5.74) is 1.28. The van der Waals surface area contributed by atoms with Gasteiger partial charge in [-0.05, 0) is 24.3 Å². The Kier molecular flexibility index (Phi) is 5.64. The number of hydrogen-bond acceptors (Lipinski definition) is 8. The van der Waals surface area contributed by atoms with Crippen LogP contribution in [-0.4, -0.2) is 22.2 Å². The van der Waals surface area contributed by atoms with Crippen LogP contribution in [0, 0.1) is 15.9 Å². The summed E-state index contributed by atoms with van der Waals surface area (Å²) in [5.74, 6) is 0.678. The number of nitrogens with one attached hydrogen (secondary N) is 1. The van der Waals surface area contributed by atoms with E-state index in [0.29, 0.717) is 32.2 Å². The molecule has 2 aromatic carbocycles. The van der Waals surface area contributed by atoms with E-state index in [1.54, 1.807) is 18.2 Å². The molecule has 0 aliphatic carbocycles. The van der Waals surface area contributed by atoms with Gasteiger partial charge in [-0.1, -0.05) is 29.2 Å². The van der Waals surface area contributed by atoms with Crippen LogP contribution in [0.15, 0.2) is 46.8 Å². The van der Waals surface area contributed by atoms with Crippen LogP contribution in [0.1, 0.15) is 5.56 Å². The molecule has 7 nitrogen and oxygen atoms in total. The summed E-state index contributed by atoms with van der Waals surface area (Å²) in [7, 11) is 1.52. The average Bonchev–Trinajstić information content (AvgIpc) is 3.07. The molecule has 1 aromatic heterocycles. The van der Waals surface area contributed by atoms with Crippen molar-refractivity contribution in [1.29, 1.82) is 0 Å². The van der Waals surface area contributed by atoms with Crippen LogP contribution in [-0.2, 0) is 5.75 Å². The van der Waals surface area contributed by atoms with Gasteiger partial charge in [-0.3, -0.25) is 10.1 Å². The maximum Gasteiger partial charge on any atom is 0.270 e. The number of benzene rings is 2. The Morgan fingerprint density at radius 3 is 2.88 bits per heavy atom. The van der Waals surface area contributed by atoms with Crippen molar-refractivity contribution in [1.82, 2.24) is 10.2 Å². The van der Waals surface area contributed by atoms with E-state index in [9.17, 15) is 14.5 Å². The van der Waals surface area contributed by atoms with Crippen molar-refractivity contribution < 1.29 is 14.1 Å². The first-order chi connectivity index (χ1) is 12.5. The van der Waals surface area contributed by atoms with Gasteiger partial charge in [0.05, 0.1) is 12.0 Å². The van der Waals surface area contributed by atoms with E-state index in [2.05, 4.69) is 15.5 Å². The van der Waals surface area contributed by atoms with Crippen molar-refractivity contribution in [3.63, 3.8) is 0 Å². The predicted molar refractivity (Wildman–Crippen MR) is 98.8 cm³/mol. The van der Waals surface area contributed by atoms with Crippen molar-refractivity contribution in [3.8, 4) is 5.75 Å². The van der Waals surface area contributed by atoms with Crippen LogP contribution in [0.4, 0.5) is 20.9 Å². The molecule has 134 valence electrons. The number of rotatable bonds is 7. The Morgan fingerprint density at radius 2 is 2.15 bits per heavy atom. The third-order valence-electron chi connectivity index (χ3n) is 3.31. The van der Waals surface area contributed by atoms with Gasteiger partial charge in [0.1, 0.15) is 11.6 Å². The summed E-state index contributed by atoms with van der Waals surface area (Å²) >= 11 is 2.70. The summed E-state index contributed by atoms with van der Waals surface area (Å²) < 4.78 is 19.1. The molecule has 1 heterocycles. The lowest BCUT2D eigenvalue weighted by Gasteiger charge is -2.06. The minimum atomic E-state index is -0.445. The Morgan fingerprint density at radius 1 is 1.31 bits per heavy atom. The van der Waals surface area contributed by atoms with Gasteiger partial charge in [0.2, 0.25) is 5.13 Å². The standard InChI is InChI=1S/C16H13FN4O3S2/c1-24-14-6-5-13(21(22)23)7-10(14)9-25-16-20-19-15(26-16)18-12-4-2-3-11(17)8-12/h2-8H,9H2,1H3,(H,18,19). The number of anilines is 2. The molecule has 0 unspecified atom stereocenters. The molecule has 0 amide bonds. The van der Waals surface area contributed by atoms with E-state index in [4.69, 9.17) is 4.74 Å². The first-order valence-corrected chi connectivity index (χ1v) is 9.15. The molecule has 0 saturated carbocycles. The van der Waals surface area contributed by atoms with Gasteiger partial charge in [0.25, 0.3) is 5.69 Å². The van der Waals surface area contributed by atoms with E-state index < -0.39 is 4.92 Å². The molecule has 0 radical (unpaired) electrons. The molecule has 0 atom stereocenters. The van der Waals surface area contributed by atoms with Crippen molar-refractivity contribution >= 4 is 39.6 Å². The Balaban J connectivity index is 1.68. The highest BCUT2D eigenvalue weighted by Gasteiger charge is 2.13. The molecule has 26 heavy (non-hydrogen) atoms. The van der Waals surface area contributed by atoms with Gasteiger partial charge < -0.3 is 10.1 Å². The van der Waals surface area contributed by atoms with E-state index in [0.717, 1.165) is 0 Å². The predicted octanol–water partition coefficient (Wildman–Crippen LogP) is 4.63. The van der Waals surface area contributed by atoms with Gasteiger partial charge in [0, 0.05) is 29.1 Å². The Hall–Kier alpha value is -2.72. The topological polar surface area (TPSA) is 90.2 Å². The third kappa shape index (κ3) is 4.46. The lowest BCUT2D eigenvalue weighted by molar-refractivity contribution is -0.384. The zero-order valence-corrected chi connectivity index (χ0v) is 15.1. The molecule has 0 aliphatic heterocycles. The Labute approximate surface area is 156 Å². The molecule has 3 rings (SSSR count). The monoisotopic (exact) mass is 392 g/mol. The number of thioether (sulfide) groups is 1. The second-order valence-electron chi connectivity index (χ2n) is 5.05. The summed E-state index contributed by atoms with van der Waals surface area (Å²) in [6.45, 7) is 0. The second kappa shape index (κ2) is 8.11. The lowest BCUT2D eigenvalue weighted by atomic mass is 10.2. The molecule has 1 N–H and O–H groups in total. The quantitative estimate of drug-likeness (QED) is 0.356. The van der Waals surface area contributed by atoms with Crippen molar-refractivity contribution in [2.24, 2.45) is 0 Å². The fraction of sp³-hybridized carbons (Fsp3) is 0.125. The summed E-state index contributed by atoms with van der Waals surface area (Å²) in [4.78, 5) is 10.5. The number of aromatic nitrogens is 2. The number of non-ortho nitro benzene ring substituents is 1. The SMILES string of the molecule is COc1ccc([N+](=O)[O-])cc1CSc1nnc(Nc2cccc(F)c2)s1. The van der Waals surface area contributed by atoms with Crippen LogP contribution in [0.3, 0.4) is 0 Å². The minimum Gasteiger partial charge on any atom is -0.496 e.